The van der Waals surface area contributed by atoms with Crippen molar-refractivity contribution in [2.45, 2.75) is 13.0 Å². The van der Waals surface area contributed by atoms with Crippen molar-refractivity contribution in [3.05, 3.63) is 54.9 Å². The Bertz CT molecular complexity index is 733. The molecular formula is C15H17N3O3S. The van der Waals surface area contributed by atoms with Gasteiger partial charge >= 0.3 is 0 Å². The van der Waals surface area contributed by atoms with Crippen LogP contribution in [0.4, 0.5) is 11.4 Å². The number of amides is 1. The van der Waals surface area contributed by atoms with Gasteiger partial charge in [-0.2, -0.15) is 0 Å². The standard InChI is InChI=1S/C15H17N3O3S/c1-12(15(19)17-13-7-6-10-16-11-13)18(22(2,20)21)14-8-4-3-5-9-14/h3-12H,1-2H3,(H,17,19)/t12-/m0/s1. The normalized spacial score (nSPS) is 12.5. The number of carbonyl (C=O) groups is 1. The van der Waals surface area contributed by atoms with Gasteiger partial charge in [0.2, 0.25) is 15.9 Å². The number of pyridine rings is 1. The van der Waals surface area contributed by atoms with Gasteiger partial charge in [0.15, 0.2) is 0 Å². The number of nitrogens with zero attached hydrogens (tertiary/aromatic N) is 2. The maximum Gasteiger partial charge on any atom is 0.248 e. The van der Waals surface area contributed by atoms with E-state index in [1.54, 1.807) is 55.6 Å². The second-order valence-electron chi connectivity index (χ2n) is 4.80. The number of aromatic nitrogens is 1. The summed E-state index contributed by atoms with van der Waals surface area (Å²) in [4.78, 5) is 16.2. The Morgan fingerprint density at radius 3 is 2.41 bits per heavy atom. The highest BCUT2D eigenvalue weighted by Crippen LogP contribution is 2.20. The number of hydrogen-bond acceptors (Lipinski definition) is 4. The molecule has 2 aromatic rings. The highest BCUT2D eigenvalue weighted by atomic mass is 32.2. The molecule has 0 aliphatic carbocycles. The largest absolute Gasteiger partial charge is 0.323 e. The summed E-state index contributed by atoms with van der Waals surface area (Å²) in [5, 5.41) is 2.66. The number of rotatable bonds is 5. The fourth-order valence-corrected chi connectivity index (χ4v) is 3.24. The average Bonchev–Trinajstić information content (AvgIpc) is 2.48. The molecule has 2 rings (SSSR count). The van der Waals surface area contributed by atoms with Crippen molar-refractivity contribution in [3.63, 3.8) is 0 Å². The summed E-state index contributed by atoms with van der Waals surface area (Å²) in [6.07, 6.45) is 4.16. The van der Waals surface area contributed by atoms with Crippen LogP contribution in [0.25, 0.3) is 0 Å². The third kappa shape index (κ3) is 3.82. The number of hydrogen-bond donors (Lipinski definition) is 1. The Morgan fingerprint density at radius 2 is 1.86 bits per heavy atom. The van der Waals surface area contributed by atoms with Gasteiger partial charge in [-0.05, 0) is 31.2 Å². The Kier molecular flexibility index (Phi) is 4.77. The van der Waals surface area contributed by atoms with Gasteiger partial charge in [-0.15, -0.1) is 0 Å². The van der Waals surface area contributed by atoms with Gasteiger partial charge in [-0.3, -0.25) is 14.1 Å². The van der Waals surface area contributed by atoms with Crippen molar-refractivity contribution in [2.75, 3.05) is 15.9 Å². The van der Waals surface area contributed by atoms with Gasteiger partial charge in [0.05, 0.1) is 23.8 Å². The number of nitrogens with one attached hydrogen (secondary N) is 1. The lowest BCUT2D eigenvalue weighted by Crippen LogP contribution is -2.45. The molecule has 0 spiro atoms. The smallest absolute Gasteiger partial charge is 0.248 e. The Morgan fingerprint density at radius 1 is 1.18 bits per heavy atom. The van der Waals surface area contributed by atoms with Crippen LogP contribution in [0.5, 0.6) is 0 Å². The van der Waals surface area contributed by atoms with Crippen LogP contribution >= 0.6 is 0 Å². The predicted molar refractivity (Wildman–Crippen MR) is 86.1 cm³/mol. The molecule has 0 bridgehead atoms. The number of anilines is 2. The van der Waals surface area contributed by atoms with E-state index in [1.165, 1.54) is 6.20 Å². The van der Waals surface area contributed by atoms with Crippen LogP contribution in [0.15, 0.2) is 54.9 Å². The number of carbonyl (C=O) groups excluding carboxylic acids is 1. The molecule has 7 heteroatoms. The molecule has 0 aliphatic heterocycles. The van der Waals surface area contributed by atoms with Crippen LogP contribution in [-0.2, 0) is 14.8 Å². The van der Waals surface area contributed by atoms with E-state index in [0.717, 1.165) is 10.6 Å². The Hall–Kier alpha value is -2.41. The van der Waals surface area contributed by atoms with Crippen molar-refractivity contribution in [3.8, 4) is 0 Å². The van der Waals surface area contributed by atoms with Crippen LogP contribution in [0.3, 0.4) is 0 Å². The summed E-state index contributed by atoms with van der Waals surface area (Å²) in [5.74, 6) is -0.428. The van der Waals surface area contributed by atoms with E-state index < -0.39 is 22.0 Å². The maximum atomic E-state index is 12.3. The molecule has 1 amide bonds. The maximum absolute atomic E-state index is 12.3. The van der Waals surface area contributed by atoms with E-state index in [0.29, 0.717) is 11.4 Å². The van der Waals surface area contributed by atoms with Crippen molar-refractivity contribution in [1.29, 1.82) is 0 Å². The summed E-state index contributed by atoms with van der Waals surface area (Å²) in [6.45, 7) is 1.54. The molecule has 0 radical (unpaired) electrons. The molecular weight excluding hydrogens is 302 g/mol. The lowest BCUT2D eigenvalue weighted by atomic mass is 10.2. The molecule has 1 N–H and O–H groups in total. The molecule has 0 saturated carbocycles. The molecule has 0 aliphatic rings. The van der Waals surface area contributed by atoms with Crippen molar-refractivity contribution in [2.24, 2.45) is 0 Å². The van der Waals surface area contributed by atoms with Crippen LogP contribution in [0.2, 0.25) is 0 Å². The van der Waals surface area contributed by atoms with Gasteiger partial charge in [-0.25, -0.2) is 8.42 Å². The van der Waals surface area contributed by atoms with E-state index in [2.05, 4.69) is 10.3 Å². The average molecular weight is 319 g/mol. The molecule has 0 saturated heterocycles. The third-order valence-corrected chi connectivity index (χ3v) is 4.27. The number of para-hydroxylation sites is 1. The van der Waals surface area contributed by atoms with E-state index in [9.17, 15) is 13.2 Å². The minimum atomic E-state index is -3.60. The predicted octanol–water partition coefficient (Wildman–Crippen LogP) is 1.87. The minimum absolute atomic E-state index is 0.428. The number of sulfonamides is 1. The summed E-state index contributed by atoms with van der Waals surface area (Å²) in [7, 11) is -3.60. The first-order valence-corrected chi connectivity index (χ1v) is 8.50. The van der Waals surface area contributed by atoms with Crippen LogP contribution in [0.1, 0.15) is 6.92 Å². The van der Waals surface area contributed by atoms with E-state index in [1.807, 2.05) is 0 Å². The molecule has 0 fully saturated rings. The van der Waals surface area contributed by atoms with Crippen LogP contribution in [-0.4, -0.2) is 31.6 Å². The summed E-state index contributed by atoms with van der Waals surface area (Å²) in [5.41, 5.74) is 0.958. The van der Waals surface area contributed by atoms with Crippen molar-refractivity contribution < 1.29 is 13.2 Å². The molecule has 1 atom stereocenters. The zero-order valence-corrected chi connectivity index (χ0v) is 13.1. The van der Waals surface area contributed by atoms with Gasteiger partial charge in [0.25, 0.3) is 0 Å². The Labute approximate surface area is 129 Å². The lowest BCUT2D eigenvalue weighted by molar-refractivity contribution is -0.116. The van der Waals surface area contributed by atoms with Gasteiger partial charge in [0, 0.05) is 6.20 Å². The van der Waals surface area contributed by atoms with Gasteiger partial charge < -0.3 is 5.32 Å². The quantitative estimate of drug-likeness (QED) is 0.912. The summed E-state index contributed by atoms with van der Waals surface area (Å²) >= 11 is 0. The molecule has 22 heavy (non-hydrogen) atoms. The first-order chi connectivity index (χ1) is 10.4. The Balaban J connectivity index is 2.27. The summed E-state index contributed by atoms with van der Waals surface area (Å²) in [6, 6.07) is 11.0. The summed E-state index contributed by atoms with van der Waals surface area (Å²) < 4.78 is 25.2. The molecule has 0 unspecified atom stereocenters. The van der Waals surface area contributed by atoms with Crippen molar-refractivity contribution in [1.82, 2.24) is 4.98 Å². The molecule has 6 nitrogen and oxygen atoms in total. The fraction of sp³-hybridized carbons (Fsp3) is 0.200. The van der Waals surface area contributed by atoms with Gasteiger partial charge in [0.1, 0.15) is 6.04 Å². The van der Waals surface area contributed by atoms with E-state index in [4.69, 9.17) is 0 Å². The minimum Gasteiger partial charge on any atom is -0.323 e. The highest BCUT2D eigenvalue weighted by molar-refractivity contribution is 7.92. The second kappa shape index (κ2) is 6.57. The topological polar surface area (TPSA) is 79.4 Å². The SMILES string of the molecule is C[C@@H](C(=O)Nc1cccnc1)N(c1ccccc1)S(C)(=O)=O. The highest BCUT2D eigenvalue weighted by Gasteiger charge is 2.28. The fourth-order valence-electron chi connectivity index (χ4n) is 2.07. The third-order valence-electron chi connectivity index (χ3n) is 3.03. The molecule has 1 aromatic carbocycles. The van der Waals surface area contributed by atoms with E-state index >= 15 is 0 Å². The van der Waals surface area contributed by atoms with Gasteiger partial charge in [-0.1, -0.05) is 18.2 Å². The van der Waals surface area contributed by atoms with Crippen LogP contribution in [0, 0.1) is 0 Å². The van der Waals surface area contributed by atoms with Crippen molar-refractivity contribution >= 4 is 27.3 Å². The zero-order chi connectivity index (χ0) is 16.2. The zero-order valence-electron chi connectivity index (χ0n) is 12.3. The molecule has 1 heterocycles. The number of benzene rings is 1. The first kappa shape index (κ1) is 16.0. The lowest BCUT2D eigenvalue weighted by Gasteiger charge is -2.28. The van der Waals surface area contributed by atoms with Crippen LogP contribution < -0.4 is 9.62 Å². The molecule has 116 valence electrons. The monoisotopic (exact) mass is 319 g/mol. The second-order valence-corrected chi connectivity index (χ2v) is 6.66. The first-order valence-electron chi connectivity index (χ1n) is 6.65. The molecule has 1 aromatic heterocycles. The van der Waals surface area contributed by atoms with E-state index in [-0.39, 0.29) is 0 Å².